The molecule has 0 aliphatic rings. The Morgan fingerprint density at radius 3 is 2.77 bits per heavy atom. The van der Waals surface area contributed by atoms with Crippen LogP contribution in [0.5, 0.6) is 0 Å². The molecule has 0 fully saturated rings. The predicted octanol–water partition coefficient (Wildman–Crippen LogP) is 2.93. The predicted molar refractivity (Wildman–Crippen MR) is 55.0 cm³/mol. The van der Waals surface area contributed by atoms with Gasteiger partial charge in [0.05, 0.1) is 0 Å². The lowest BCUT2D eigenvalue weighted by molar-refractivity contribution is -0.131. The lowest BCUT2D eigenvalue weighted by atomic mass is 10.1. The first kappa shape index (κ1) is 9.99. The van der Waals surface area contributed by atoms with Crippen LogP contribution in [0, 0.1) is 6.92 Å². The summed E-state index contributed by atoms with van der Waals surface area (Å²) in [6, 6.07) is 2.01. The van der Waals surface area contributed by atoms with Gasteiger partial charge in [0, 0.05) is 11.0 Å². The third kappa shape index (κ3) is 2.42. The molecular formula is C10H12O2S. The van der Waals surface area contributed by atoms with Crippen LogP contribution in [0.15, 0.2) is 17.5 Å². The monoisotopic (exact) mass is 196 g/mol. The molecule has 3 heteroatoms. The highest BCUT2D eigenvalue weighted by molar-refractivity contribution is 7.11. The average molecular weight is 196 g/mol. The maximum Gasteiger partial charge on any atom is 0.328 e. The van der Waals surface area contributed by atoms with E-state index in [0.29, 0.717) is 0 Å². The molecule has 0 spiro atoms. The molecule has 0 atom stereocenters. The van der Waals surface area contributed by atoms with Crippen LogP contribution in [0.4, 0.5) is 0 Å². The van der Waals surface area contributed by atoms with Crippen molar-refractivity contribution < 1.29 is 9.90 Å². The van der Waals surface area contributed by atoms with Crippen LogP contribution in [0.3, 0.4) is 0 Å². The topological polar surface area (TPSA) is 37.3 Å². The molecule has 0 aromatic carbocycles. The molecule has 0 amide bonds. The van der Waals surface area contributed by atoms with Crippen LogP contribution < -0.4 is 0 Å². The Bertz CT molecular complexity index is 336. The molecule has 1 heterocycles. The molecule has 0 saturated heterocycles. The molecule has 1 rings (SSSR count). The summed E-state index contributed by atoms with van der Waals surface area (Å²) in [5, 5.41) is 10.6. The number of allylic oxidation sites excluding steroid dienone is 1. The number of carbonyl (C=O) groups is 1. The average Bonchev–Trinajstić information content (AvgIpc) is 2.47. The van der Waals surface area contributed by atoms with E-state index in [4.69, 9.17) is 5.11 Å². The summed E-state index contributed by atoms with van der Waals surface area (Å²) >= 11 is 1.59. The lowest BCUT2D eigenvalue weighted by Gasteiger charge is -2.01. The first-order chi connectivity index (χ1) is 6.15. The Morgan fingerprint density at radius 2 is 2.38 bits per heavy atom. The molecule has 1 aromatic rings. The second kappa shape index (κ2) is 4.23. The Morgan fingerprint density at radius 1 is 1.69 bits per heavy atom. The van der Waals surface area contributed by atoms with E-state index in [9.17, 15) is 4.79 Å². The molecule has 0 bridgehead atoms. The minimum absolute atomic E-state index is 0.758. The Hall–Kier alpha value is -1.09. The van der Waals surface area contributed by atoms with Crippen molar-refractivity contribution >= 4 is 22.9 Å². The van der Waals surface area contributed by atoms with Gasteiger partial charge in [-0.25, -0.2) is 4.79 Å². The summed E-state index contributed by atoms with van der Waals surface area (Å²) in [6.45, 7) is 3.96. The molecule has 1 aromatic heterocycles. The number of carboxylic acids is 1. The minimum atomic E-state index is -0.871. The van der Waals surface area contributed by atoms with Crippen LogP contribution in [0.25, 0.3) is 5.57 Å². The van der Waals surface area contributed by atoms with Crippen molar-refractivity contribution in [2.75, 3.05) is 0 Å². The number of thiophene rings is 1. The van der Waals surface area contributed by atoms with Gasteiger partial charge in [0.2, 0.25) is 0 Å². The molecule has 0 radical (unpaired) electrons. The largest absolute Gasteiger partial charge is 0.478 e. The Kier molecular flexibility index (Phi) is 3.25. The standard InChI is InChI=1S/C10H12O2S/c1-3-8(6-9(11)12)10-7(2)4-5-13-10/h4-6H,3H2,1-2H3,(H,11,12)/b8-6+. The van der Waals surface area contributed by atoms with Gasteiger partial charge in [0.15, 0.2) is 0 Å². The zero-order chi connectivity index (χ0) is 9.84. The van der Waals surface area contributed by atoms with Crippen molar-refractivity contribution in [1.82, 2.24) is 0 Å². The summed E-state index contributed by atoms with van der Waals surface area (Å²) in [5.41, 5.74) is 2.05. The zero-order valence-electron chi connectivity index (χ0n) is 7.70. The van der Waals surface area contributed by atoms with E-state index in [1.165, 1.54) is 6.08 Å². The van der Waals surface area contributed by atoms with E-state index >= 15 is 0 Å². The third-order valence-electron chi connectivity index (χ3n) is 1.83. The van der Waals surface area contributed by atoms with Crippen molar-refractivity contribution in [1.29, 1.82) is 0 Å². The quantitative estimate of drug-likeness (QED) is 0.755. The van der Waals surface area contributed by atoms with Gasteiger partial charge >= 0.3 is 5.97 Å². The summed E-state index contributed by atoms with van der Waals surface area (Å²) in [7, 11) is 0. The minimum Gasteiger partial charge on any atom is -0.478 e. The number of hydrogen-bond donors (Lipinski definition) is 1. The van der Waals surface area contributed by atoms with Crippen molar-refractivity contribution in [3.8, 4) is 0 Å². The van der Waals surface area contributed by atoms with Crippen LogP contribution >= 0.6 is 11.3 Å². The van der Waals surface area contributed by atoms with E-state index < -0.39 is 5.97 Å². The molecule has 2 nitrogen and oxygen atoms in total. The van der Waals surface area contributed by atoms with Crippen molar-refractivity contribution in [2.45, 2.75) is 20.3 Å². The molecule has 13 heavy (non-hydrogen) atoms. The SMILES string of the molecule is CC/C(=C\C(=O)O)c1sccc1C. The van der Waals surface area contributed by atoms with Crippen LogP contribution in [-0.2, 0) is 4.79 Å². The smallest absolute Gasteiger partial charge is 0.328 e. The Balaban J connectivity index is 3.04. The number of carboxylic acid groups (broad SMARTS) is 1. The second-order valence-electron chi connectivity index (χ2n) is 2.79. The molecular weight excluding hydrogens is 184 g/mol. The number of aryl methyl sites for hydroxylation is 1. The van der Waals surface area contributed by atoms with E-state index in [0.717, 1.165) is 22.4 Å². The van der Waals surface area contributed by atoms with Gasteiger partial charge in [-0.05, 0) is 35.9 Å². The Labute approximate surface area is 81.5 Å². The van der Waals surface area contributed by atoms with Gasteiger partial charge in [0.1, 0.15) is 0 Å². The van der Waals surface area contributed by atoms with Crippen LogP contribution in [-0.4, -0.2) is 11.1 Å². The normalized spacial score (nSPS) is 11.7. The fourth-order valence-corrected chi connectivity index (χ4v) is 2.20. The van der Waals surface area contributed by atoms with Crippen LogP contribution in [0.1, 0.15) is 23.8 Å². The molecule has 0 aliphatic carbocycles. The highest BCUT2D eigenvalue weighted by atomic mass is 32.1. The maximum atomic E-state index is 10.5. The van der Waals surface area contributed by atoms with Gasteiger partial charge in [0.25, 0.3) is 0 Å². The van der Waals surface area contributed by atoms with Gasteiger partial charge in [-0.15, -0.1) is 11.3 Å². The fourth-order valence-electron chi connectivity index (χ4n) is 1.18. The van der Waals surface area contributed by atoms with Crippen molar-refractivity contribution in [2.24, 2.45) is 0 Å². The lowest BCUT2D eigenvalue weighted by Crippen LogP contribution is -1.91. The summed E-state index contributed by atoms with van der Waals surface area (Å²) in [5.74, 6) is -0.871. The zero-order valence-corrected chi connectivity index (χ0v) is 8.52. The van der Waals surface area contributed by atoms with E-state index in [1.54, 1.807) is 11.3 Å². The van der Waals surface area contributed by atoms with E-state index in [-0.39, 0.29) is 0 Å². The number of hydrogen-bond acceptors (Lipinski definition) is 2. The van der Waals surface area contributed by atoms with Crippen molar-refractivity contribution in [3.63, 3.8) is 0 Å². The molecule has 1 N–H and O–H groups in total. The first-order valence-corrected chi connectivity index (χ1v) is 5.01. The molecule has 0 saturated carbocycles. The molecule has 0 aliphatic heterocycles. The molecule has 70 valence electrons. The van der Waals surface area contributed by atoms with E-state index in [2.05, 4.69) is 0 Å². The highest BCUT2D eigenvalue weighted by Crippen LogP contribution is 2.26. The van der Waals surface area contributed by atoms with Gasteiger partial charge in [-0.3, -0.25) is 0 Å². The third-order valence-corrected chi connectivity index (χ3v) is 2.92. The van der Waals surface area contributed by atoms with Crippen LogP contribution in [0.2, 0.25) is 0 Å². The summed E-state index contributed by atoms with van der Waals surface area (Å²) < 4.78 is 0. The molecule has 0 unspecified atom stereocenters. The number of rotatable bonds is 3. The van der Waals surface area contributed by atoms with Crippen molar-refractivity contribution in [3.05, 3.63) is 28.0 Å². The summed E-state index contributed by atoms with van der Waals surface area (Å²) in [6.07, 6.45) is 2.05. The van der Waals surface area contributed by atoms with E-state index in [1.807, 2.05) is 25.3 Å². The fraction of sp³-hybridized carbons (Fsp3) is 0.300. The highest BCUT2D eigenvalue weighted by Gasteiger charge is 2.05. The second-order valence-corrected chi connectivity index (χ2v) is 3.71. The van der Waals surface area contributed by atoms with Gasteiger partial charge in [-0.2, -0.15) is 0 Å². The van der Waals surface area contributed by atoms with Gasteiger partial charge < -0.3 is 5.11 Å². The number of aliphatic carboxylic acids is 1. The first-order valence-electron chi connectivity index (χ1n) is 4.13. The van der Waals surface area contributed by atoms with Gasteiger partial charge in [-0.1, -0.05) is 6.92 Å². The maximum absolute atomic E-state index is 10.5. The summed E-state index contributed by atoms with van der Waals surface area (Å²) in [4.78, 5) is 11.6.